The molecule has 4 aliphatic carbocycles. The normalized spacial score (nSPS) is 15.7. The minimum absolute atomic E-state index is 0. The molecule has 0 bridgehead atoms. The molecule has 3 heteroatoms. The molecular formula is C66H53IrN2-. The minimum Gasteiger partial charge on any atom is -0.309 e. The number of hydrogen-bond donors (Lipinski definition) is 0. The van der Waals surface area contributed by atoms with Gasteiger partial charge in [-0.1, -0.05) is 135 Å². The second kappa shape index (κ2) is 16.8. The van der Waals surface area contributed by atoms with Gasteiger partial charge in [0.25, 0.3) is 0 Å². The molecule has 2 aromatic heterocycles. The van der Waals surface area contributed by atoms with Crippen LogP contribution >= 0.6 is 0 Å². The predicted molar refractivity (Wildman–Crippen MR) is 282 cm³/mol. The summed E-state index contributed by atoms with van der Waals surface area (Å²) in [6.07, 6.45) is 15.1. The molecule has 2 nitrogen and oxygen atoms in total. The van der Waals surface area contributed by atoms with Crippen LogP contribution in [0.5, 0.6) is 0 Å². The molecule has 69 heavy (non-hydrogen) atoms. The van der Waals surface area contributed by atoms with E-state index in [2.05, 4.69) is 179 Å². The van der Waals surface area contributed by atoms with Crippen molar-refractivity contribution in [2.75, 3.05) is 0 Å². The van der Waals surface area contributed by atoms with Gasteiger partial charge >= 0.3 is 0 Å². The number of aryl methyl sites for hydroxylation is 2. The molecule has 0 N–H and O–H groups in total. The summed E-state index contributed by atoms with van der Waals surface area (Å²) in [6.45, 7) is 0. The van der Waals surface area contributed by atoms with Crippen LogP contribution in [0.15, 0.2) is 188 Å². The molecule has 2 fully saturated rings. The van der Waals surface area contributed by atoms with E-state index >= 15 is 0 Å². The van der Waals surface area contributed by atoms with Gasteiger partial charge in [0.2, 0.25) is 0 Å². The third-order valence-corrected chi connectivity index (χ3v) is 16.8. The zero-order valence-corrected chi connectivity index (χ0v) is 41.3. The number of rotatable bonds is 8. The Morgan fingerprint density at radius 3 is 1.52 bits per heavy atom. The molecule has 2 saturated carbocycles. The summed E-state index contributed by atoms with van der Waals surface area (Å²) in [7, 11) is 0. The first-order valence-corrected chi connectivity index (χ1v) is 25.2. The van der Waals surface area contributed by atoms with Crippen LogP contribution in [0, 0.1) is 6.07 Å². The van der Waals surface area contributed by atoms with Crippen molar-refractivity contribution in [3.05, 3.63) is 228 Å². The molecule has 10 aromatic rings. The first-order chi connectivity index (χ1) is 33.6. The summed E-state index contributed by atoms with van der Waals surface area (Å²) in [5, 5.41) is 2.60. The smallest absolute Gasteiger partial charge is 0.0541 e. The van der Waals surface area contributed by atoms with Crippen LogP contribution < -0.4 is 0 Å². The van der Waals surface area contributed by atoms with Crippen LogP contribution in [0.25, 0.3) is 83.3 Å². The molecule has 4 aliphatic rings. The van der Waals surface area contributed by atoms with Gasteiger partial charge in [-0.3, -0.25) is 0 Å². The molecule has 1 radical (unpaired) electrons. The third kappa shape index (κ3) is 6.72. The quantitative estimate of drug-likeness (QED) is 0.139. The van der Waals surface area contributed by atoms with Gasteiger partial charge in [0.1, 0.15) is 0 Å². The first-order valence-electron chi connectivity index (χ1n) is 25.2. The Bertz CT molecular complexity index is 3430. The van der Waals surface area contributed by atoms with Crippen LogP contribution in [0.3, 0.4) is 0 Å². The maximum atomic E-state index is 4.55. The van der Waals surface area contributed by atoms with Gasteiger partial charge in [-0.15, -0.1) is 35.4 Å². The zero-order chi connectivity index (χ0) is 44.8. The van der Waals surface area contributed by atoms with Crippen LogP contribution in [0.1, 0.15) is 91.2 Å². The van der Waals surface area contributed by atoms with Crippen molar-refractivity contribution < 1.29 is 20.1 Å². The maximum Gasteiger partial charge on any atom is 0.0541 e. The SMILES string of the molecule is [Ir].[c-]1ccc(CCCc2ccc(-n3c4ccc(-c5ccc6c(c5)C5(CCCC5)c5ccccc5-6)cc4c4cc(-c5ccc6c(c5)C5(CCCC5)c5ccccc5-6)ccc43)cc2)cc1-c1ccccn1. The first kappa shape index (κ1) is 42.5. The van der Waals surface area contributed by atoms with Crippen molar-refractivity contribution in [1.29, 1.82) is 0 Å². The van der Waals surface area contributed by atoms with Gasteiger partial charge in [-0.05, 0) is 178 Å². The fraction of sp³-hybridized carbons (Fsp3) is 0.197. The van der Waals surface area contributed by atoms with Crippen molar-refractivity contribution in [3.8, 4) is 61.5 Å². The van der Waals surface area contributed by atoms with Gasteiger partial charge in [0.05, 0.1) is 11.0 Å². The van der Waals surface area contributed by atoms with Crippen molar-refractivity contribution in [2.45, 2.75) is 81.5 Å². The number of nitrogens with zero attached hydrogens (tertiary/aromatic N) is 2. The Balaban J connectivity index is 0.00000469. The van der Waals surface area contributed by atoms with Crippen molar-refractivity contribution in [1.82, 2.24) is 9.55 Å². The Morgan fingerprint density at radius 1 is 0.449 bits per heavy atom. The van der Waals surface area contributed by atoms with E-state index in [9.17, 15) is 0 Å². The maximum absolute atomic E-state index is 4.55. The van der Waals surface area contributed by atoms with E-state index in [1.807, 2.05) is 24.4 Å². The van der Waals surface area contributed by atoms with Gasteiger partial charge in [0.15, 0.2) is 0 Å². The van der Waals surface area contributed by atoms with Gasteiger partial charge in [-0.25, -0.2) is 0 Å². The number of hydrogen-bond acceptors (Lipinski definition) is 1. The summed E-state index contributed by atoms with van der Waals surface area (Å²) in [5.74, 6) is 0. The van der Waals surface area contributed by atoms with Crippen molar-refractivity contribution in [3.63, 3.8) is 0 Å². The van der Waals surface area contributed by atoms with Crippen LogP contribution in [0.4, 0.5) is 0 Å². The van der Waals surface area contributed by atoms with Crippen molar-refractivity contribution >= 4 is 21.8 Å². The fourth-order valence-electron chi connectivity index (χ4n) is 13.6. The second-order valence-corrected chi connectivity index (χ2v) is 20.3. The number of fused-ring (bicyclic) bond motifs is 13. The van der Waals surface area contributed by atoms with Gasteiger partial charge in [-0.2, -0.15) is 0 Å². The van der Waals surface area contributed by atoms with E-state index in [-0.39, 0.29) is 30.9 Å². The summed E-state index contributed by atoms with van der Waals surface area (Å²) in [5.41, 5.74) is 25.8. The van der Waals surface area contributed by atoms with Gasteiger partial charge < -0.3 is 9.55 Å². The second-order valence-electron chi connectivity index (χ2n) is 20.3. The molecular weight excluding hydrogens is 1010 g/mol. The number of aromatic nitrogens is 2. The minimum atomic E-state index is 0. The van der Waals surface area contributed by atoms with E-state index in [4.69, 9.17) is 0 Å². The standard InChI is InChI=1S/C66H53N2.Ir/c1-3-19-58-52(17-1)54-30-24-48(42-60(54)65(58)34-6-7-35-65)46-26-32-63-56(40-46)57-41-47(49-25-31-55-53-18-2-4-20-59(53)66(61(55)43-49)36-8-9-37-66)27-33-64(57)68(63)51-28-22-44(23-29-51)13-11-14-45-15-12-16-50(39-45)62-21-5-10-38-67-62;/h1-5,10,12,15,17-33,38-43H,6-9,11,13-14,34-37H2;/q-1;. The average Bonchev–Trinajstić information content (AvgIpc) is 4.25. The topological polar surface area (TPSA) is 17.8 Å². The van der Waals surface area contributed by atoms with Crippen LogP contribution in [0.2, 0.25) is 0 Å². The molecule has 8 aromatic carbocycles. The van der Waals surface area contributed by atoms with E-state index in [0.29, 0.717) is 0 Å². The summed E-state index contributed by atoms with van der Waals surface area (Å²) >= 11 is 0. The Hall–Kier alpha value is -6.64. The number of pyridine rings is 1. The van der Waals surface area contributed by atoms with E-state index in [1.165, 1.54) is 146 Å². The van der Waals surface area contributed by atoms with E-state index in [1.54, 1.807) is 11.1 Å². The number of benzene rings is 8. The monoisotopic (exact) mass is 1070 g/mol. The Labute approximate surface area is 419 Å². The zero-order valence-electron chi connectivity index (χ0n) is 38.9. The molecule has 0 aliphatic heterocycles. The molecule has 2 spiro atoms. The molecule has 0 amide bonds. The summed E-state index contributed by atoms with van der Waals surface area (Å²) < 4.78 is 2.50. The molecule has 337 valence electrons. The average molecular weight is 1070 g/mol. The third-order valence-electron chi connectivity index (χ3n) is 16.8. The molecule has 2 heterocycles. The van der Waals surface area contributed by atoms with E-state index in [0.717, 1.165) is 30.5 Å². The fourth-order valence-corrected chi connectivity index (χ4v) is 13.6. The van der Waals surface area contributed by atoms with Crippen LogP contribution in [-0.2, 0) is 43.8 Å². The van der Waals surface area contributed by atoms with Crippen molar-refractivity contribution in [2.24, 2.45) is 0 Å². The van der Waals surface area contributed by atoms with E-state index < -0.39 is 0 Å². The summed E-state index contributed by atoms with van der Waals surface area (Å²) in [4.78, 5) is 4.55. The predicted octanol–water partition coefficient (Wildman–Crippen LogP) is 16.8. The summed E-state index contributed by atoms with van der Waals surface area (Å²) in [6, 6.07) is 72.9. The van der Waals surface area contributed by atoms with Crippen LogP contribution in [-0.4, -0.2) is 9.55 Å². The molecule has 0 saturated heterocycles. The Kier molecular flexibility index (Phi) is 10.3. The molecule has 14 rings (SSSR count). The largest absolute Gasteiger partial charge is 0.309 e. The molecule has 0 atom stereocenters. The Morgan fingerprint density at radius 2 is 0.957 bits per heavy atom. The van der Waals surface area contributed by atoms with Gasteiger partial charge in [0, 0.05) is 53.6 Å². The molecule has 0 unspecified atom stereocenters.